The lowest BCUT2D eigenvalue weighted by Gasteiger charge is -2.17. The molecule has 0 heterocycles. The summed E-state index contributed by atoms with van der Waals surface area (Å²) in [6.45, 7) is 5.59. The monoisotopic (exact) mass is 249 g/mol. The van der Waals surface area contributed by atoms with E-state index in [9.17, 15) is 4.79 Å². The molecule has 0 aliphatic carbocycles. The molecule has 18 heavy (non-hydrogen) atoms. The van der Waals surface area contributed by atoms with Crippen molar-refractivity contribution in [3.63, 3.8) is 0 Å². The van der Waals surface area contributed by atoms with Crippen LogP contribution in [0.3, 0.4) is 0 Å². The van der Waals surface area contributed by atoms with Crippen LogP contribution in [0, 0.1) is 0 Å². The standard InChI is InChI=1S/C14H19NO3/c1-3-5-10-9-11(15)7-8-12(10)18-13(6-4-2)14(16)17/h3,7-9,13H,1,4-6,15H2,2H3,(H,16,17). The largest absolute Gasteiger partial charge is 0.479 e. The molecule has 98 valence electrons. The Morgan fingerprint density at radius 1 is 1.61 bits per heavy atom. The number of carboxylic acid groups (broad SMARTS) is 1. The fourth-order valence-corrected chi connectivity index (χ4v) is 1.68. The average Bonchev–Trinajstić information content (AvgIpc) is 2.31. The van der Waals surface area contributed by atoms with Gasteiger partial charge < -0.3 is 15.6 Å². The van der Waals surface area contributed by atoms with E-state index in [4.69, 9.17) is 15.6 Å². The van der Waals surface area contributed by atoms with Crippen molar-refractivity contribution in [1.82, 2.24) is 0 Å². The third kappa shape index (κ3) is 3.80. The first-order chi connectivity index (χ1) is 8.58. The first-order valence-electron chi connectivity index (χ1n) is 5.97. The van der Waals surface area contributed by atoms with E-state index in [0.29, 0.717) is 24.3 Å². The highest BCUT2D eigenvalue weighted by atomic mass is 16.5. The fourth-order valence-electron chi connectivity index (χ4n) is 1.68. The molecule has 1 aromatic carbocycles. The maximum absolute atomic E-state index is 11.1. The molecule has 0 radical (unpaired) electrons. The summed E-state index contributed by atoms with van der Waals surface area (Å²) in [5.41, 5.74) is 7.18. The molecule has 0 fully saturated rings. The van der Waals surface area contributed by atoms with Crippen LogP contribution >= 0.6 is 0 Å². The van der Waals surface area contributed by atoms with E-state index in [0.717, 1.165) is 12.0 Å². The Bertz CT molecular complexity index is 429. The van der Waals surface area contributed by atoms with Gasteiger partial charge >= 0.3 is 5.97 Å². The van der Waals surface area contributed by atoms with Gasteiger partial charge in [-0.3, -0.25) is 0 Å². The number of benzene rings is 1. The zero-order valence-electron chi connectivity index (χ0n) is 10.6. The Kier molecular flexibility index (Phi) is 5.24. The predicted octanol–water partition coefficient (Wildman–Crippen LogP) is 2.63. The van der Waals surface area contributed by atoms with Crippen molar-refractivity contribution in [1.29, 1.82) is 0 Å². The molecular weight excluding hydrogens is 230 g/mol. The number of carbonyl (C=O) groups is 1. The van der Waals surface area contributed by atoms with Crippen LogP contribution < -0.4 is 10.5 Å². The van der Waals surface area contributed by atoms with Crippen LogP contribution in [0.1, 0.15) is 25.3 Å². The molecule has 0 aliphatic heterocycles. The number of nitrogen functional groups attached to an aromatic ring is 1. The van der Waals surface area contributed by atoms with Gasteiger partial charge in [-0.2, -0.15) is 0 Å². The summed E-state index contributed by atoms with van der Waals surface area (Å²) in [5, 5.41) is 9.07. The van der Waals surface area contributed by atoms with Gasteiger partial charge in [0.25, 0.3) is 0 Å². The van der Waals surface area contributed by atoms with Crippen molar-refractivity contribution in [3.8, 4) is 5.75 Å². The molecule has 0 aromatic heterocycles. The highest BCUT2D eigenvalue weighted by molar-refractivity contribution is 5.72. The topological polar surface area (TPSA) is 72.5 Å². The number of aliphatic carboxylic acids is 1. The van der Waals surface area contributed by atoms with E-state index in [1.165, 1.54) is 0 Å². The van der Waals surface area contributed by atoms with Crippen molar-refractivity contribution in [2.24, 2.45) is 0 Å². The quantitative estimate of drug-likeness (QED) is 0.575. The lowest BCUT2D eigenvalue weighted by Crippen LogP contribution is -2.27. The van der Waals surface area contributed by atoms with Crippen LogP contribution in [0.25, 0.3) is 0 Å². The van der Waals surface area contributed by atoms with E-state index in [2.05, 4.69) is 6.58 Å². The van der Waals surface area contributed by atoms with Crippen LogP contribution in [0.5, 0.6) is 5.75 Å². The van der Waals surface area contributed by atoms with Crippen molar-refractivity contribution in [2.75, 3.05) is 5.73 Å². The van der Waals surface area contributed by atoms with Gasteiger partial charge in [0.1, 0.15) is 5.75 Å². The second-order valence-corrected chi connectivity index (χ2v) is 4.09. The van der Waals surface area contributed by atoms with Gasteiger partial charge in [-0.25, -0.2) is 4.79 Å². The van der Waals surface area contributed by atoms with E-state index in [1.807, 2.05) is 6.92 Å². The van der Waals surface area contributed by atoms with Gasteiger partial charge in [0.2, 0.25) is 0 Å². The summed E-state index contributed by atoms with van der Waals surface area (Å²) in [6, 6.07) is 5.19. The van der Waals surface area contributed by atoms with E-state index < -0.39 is 12.1 Å². The van der Waals surface area contributed by atoms with Crippen molar-refractivity contribution < 1.29 is 14.6 Å². The second-order valence-electron chi connectivity index (χ2n) is 4.09. The predicted molar refractivity (Wildman–Crippen MR) is 71.7 cm³/mol. The molecule has 0 saturated heterocycles. The SMILES string of the molecule is C=CCc1cc(N)ccc1OC(CCC)C(=O)O. The number of anilines is 1. The second kappa shape index (κ2) is 6.69. The van der Waals surface area contributed by atoms with E-state index in [1.54, 1.807) is 24.3 Å². The summed E-state index contributed by atoms with van der Waals surface area (Å²) < 4.78 is 5.55. The summed E-state index contributed by atoms with van der Waals surface area (Å²) in [4.78, 5) is 11.1. The highest BCUT2D eigenvalue weighted by Crippen LogP contribution is 2.24. The number of hydrogen-bond donors (Lipinski definition) is 2. The maximum Gasteiger partial charge on any atom is 0.344 e. The van der Waals surface area contributed by atoms with Crippen LogP contribution in [0.4, 0.5) is 5.69 Å². The summed E-state index contributed by atoms with van der Waals surface area (Å²) in [6.07, 6.45) is 2.74. The zero-order chi connectivity index (χ0) is 13.5. The van der Waals surface area contributed by atoms with Gasteiger partial charge in [-0.15, -0.1) is 6.58 Å². The summed E-state index contributed by atoms with van der Waals surface area (Å²) in [5.74, 6) is -0.386. The van der Waals surface area contributed by atoms with Gasteiger partial charge in [-0.1, -0.05) is 19.4 Å². The molecule has 1 aromatic rings. The number of allylic oxidation sites excluding steroid dienone is 1. The zero-order valence-corrected chi connectivity index (χ0v) is 10.6. The van der Waals surface area contributed by atoms with Gasteiger partial charge in [-0.05, 0) is 36.6 Å². The van der Waals surface area contributed by atoms with Gasteiger partial charge in [0.05, 0.1) is 0 Å². The molecule has 4 nitrogen and oxygen atoms in total. The molecule has 0 amide bonds. The number of rotatable bonds is 7. The molecule has 0 saturated carbocycles. The Hall–Kier alpha value is -1.97. The average molecular weight is 249 g/mol. The number of ether oxygens (including phenoxy) is 1. The smallest absolute Gasteiger partial charge is 0.344 e. The Balaban J connectivity index is 2.93. The lowest BCUT2D eigenvalue weighted by atomic mass is 10.1. The van der Waals surface area contributed by atoms with Crippen LogP contribution in [0.15, 0.2) is 30.9 Å². The first-order valence-corrected chi connectivity index (χ1v) is 5.97. The lowest BCUT2D eigenvalue weighted by molar-refractivity contribution is -0.145. The van der Waals surface area contributed by atoms with Crippen LogP contribution in [-0.4, -0.2) is 17.2 Å². The molecule has 3 N–H and O–H groups in total. The summed E-state index contributed by atoms with van der Waals surface area (Å²) >= 11 is 0. The van der Waals surface area contributed by atoms with Crippen LogP contribution in [-0.2, 0) is 11.2 Å². The summed E-state index contributed by atoms with van der Waals surface area (Å²) in [7, 11) is 0. The molecule has 0 aliphatic rings. The maximum atomic E-state index is 11.1. The molecule has 1 unspecified atom stereocenters. The Labute approximate surface area is 107 Å². The fraction of sp³-hybridized carbons (Fsp3) is 0.357. The third-order valence-electron chi connectivity index (χ3n) is 2.54. The number of nitrogens with two attached hydrogens (primary N) is 1. The minimum Gasteiger partial charge on any atom is -0.479 e. The molecule has 0 spiro atoms. The van der Waals surface area contributed by atoms with Crippen molar-refractivity contribution in [3.05, 3.63) is 36.4 Å². The minimum absolute atomic E-state index is 0.479. The number of hydrogen-bond acceptors (Lipinski definition) is 3. The Morgan fingerprint density at radius 3 is 2.89 bits per heavy atom. The van der Waals surface area contributed by atoms with E-state index >= 15 is 0 Å². The first kappa shape index (κ1) is 14.1. The van der Waals surface area contributed by atoms with E-state index in [-0.39, 0.29) is 0 Å². The minimum atomic E-state index is -0.946. The van der Waals surface area contributed by atoms with Crippen molar-refractivity contribution in [2.45, 2.75) is 32.3 Å². The Morgan fingerprint density at radius 2 is 2.33 bits per heavy atom. The molecule has 4 heteroatoms. The molecular formula is C14H19NO3. The normalized spacial score (nSPS) is 11.8. The third-order valence-corrected chi connectivity index (χ3v) is 2.54. The molecule has 0 bridgehead atoms. The molecule has 1 atom stereocenters. The molecule has 1 rings (SSSR count). The highest BCUT2D eigenvalue weighted by Gasteiger charge is 2.19. The number of carboxylic acids is 1. The van der Waals surface area contributed by atoms with Gasteiger partial charge in [0, 0.05) is 5.69 Å². The van der Waals surface area contributed by atoms with Crippen LogP contribution in [0.2, 0.25) is 0 Å². The van der Waals surface area contributed by atoms with Gasteiger partial charge in [0.15, 0.2) is 6.10 Å². The van der Waals surface area contributed by atoms with Crippen molar-refractivity contribution >= 4 is 11.7 Å².